The van der Waals surface area contributed by atoms with Gasteiger partial charge in [-0.1, -0.05) is 44.2 Å². The van der Waals surface area contributed by atoms with Crippen molar-refractivity contribution in [2.24, 2.45) is 0 Å². The van der Waals surface area contributed by atoms with Crippen LogP contribution in [-0.2, 0) is 10.2 Å². The van der Waals surface area contributed by atoms with Gasteiger partial charge in [0.2, 0.25) is 11.0 Å². The number of aryl methyl sites for hydroxylation is 1. The SMILES string of the molecule is Cc1nnc(NC(=O)CN(C)c2ccc(C(C)(C)C)cc2)s1. The monoisotopic (exact) mass is 318 g/mol. The highest BCUT2D eigenvalue weighted by molar-refractivity contribution is 7.15. The molecule has 1 amide bonds. The van der Waals surface area contributed by atoms with Crippen LogP contribution >= 0.6 is 11.3 Å². The van der Waals surface area contributed by atoms with Crippen LogP contribution in [0.4, 0.5) is 10.8 Å². The van der Waals surface area contributed by atoms with Gasteiger partial charge in [-0.05, 0) is 30.0 Å². The van der Waals surface area contributed by atoms with E-state index in [1.807, 2.05) is 31.0 Å². The Morgan fingerprint density at radius 1 is 1.23 bits per heavy atom. The van der Waals surface area contributed by atoms with Crippen molar-refractivity contribution in [3.05, 3.63) is 34.8 Å². The molecule has 6 heteroatoms. The quantitative estimate of drug-likeness (QED) is 0.940. The van der Waals surface area contributed by atoms with E-state index in [-0.39, 0.29) is 17.9 Å². The summed E-state index contributed by atoms with van der Waals surface area (Å²) in [5.74, 6) is -0.0986. The highest BCUT2D eigenvalue weighted by atomic mass is 32.1. The van der Waals surface area contributed by atoms with Gasteiger partial charge in [-0.3, -0.25) is 10.1 Å². The molecular formula is C16H22N4OS. The number of amides is 1. The number of rotatable bonds is 4. The largest absolute Gasteiger partial charge is 0.365 e. The van der Waals surface area contributed by atoms with Gasteiger partial charge < -0.3 is 4.90 Å². The first-order chi connectivity index (χ1) is 10.3. The smallest absolute Gasteiger partial charge is 0.245 e. The van der Waals surface area contributed by atoms with E-state index in [0.717, 1.165) is 10.7 Å². The number of anilines is 2. The fraction of sp³-hybridized carbons (Fsp3) is 0.438. The summed E-state index contributed by atoms with van der Waals surface area (Å²) in [6, 6.07) is 8.31. The van der Waals surface area contributed by atoms with Crippen molar-refractivity contribution in [2.75, 3.05) is 23.8 Å². The zero-order chi connectivity index (χ0) is 16.3. The Hall–Kier alpha value is -1.95. The number of aromatic nitrogens is 2. The average molecular weight is 318 g/mol. The molecule has 0 saturated carbocycles. The third kappa shape index (κ3) is 4.27. The van der Waals surface area contributed by atoms with E-state index in [0.29, 0.717) is 5.13 Å². The van der Waals surface area contributed by atoms with Crippen molar-refractivity contribution in [3.8, 4) is 0 Å². The van der Waals surface area contributed by atoms with Crippen molar-refractivity contribution >= 4 is 28.1 Å². The fourth-order valence-electron chi connectivity index (χ4n) is 2.03. The molecule has 0 fully saturated rings. The second kappa shape index (κ2) is 6.44. The van der Waals surface area contributed by atoms with Gasteiger partial charge in [-0.25, -0.2) is 0 Å². The highest BCUT2D eigenvalue weighted by Crippen LogP contribution is 2.24. The Morgan fingerprint density at radius 2 is 1.86 bits per heavy atom. The molecule has 0 aliphatic rings. The molecule has 0 aliphatic carbocycles. The molecule has 2 aromatic rings. The van der Waals surface area contributed by atoms with E-state index in [4.69, 9.17) is 0 Å². The van der Waals surface area contributed by atoms with Gasteiger partial charge in [0.1, 0.15) is 5.01 Å². The minimum atomic E-state index is -0.0986. The Kier molecular flexibility index (Phi) is 4.81. The van der Waals surface area contributed by atoms with Crippen molar-refractivity contribution in [2.45, 2.75) is 33.1 Å². The lowest BCUT2D eigenvalue weighted by molar-refractivity contribution is -0.114. The van der Waals surface area contributed by atoms with Crippen LogP contribution in [0.3, 0.4) is 0 Å². The molecule has 5 nitrogen and oxygen atoms in total. The Bertz CT molecular complexity index is 643. The lowest BCUT2D eigenvalue weighted by Gasteiger charge is -2.22. The number of benzene rings is 1. The molecule has 0 bridgehead atoms. The van der Waals surface area contributed by atoms with Crippen molar-refractivity contribution in [1.29, 1.82) is 0 Å². The van der Waals surface area contributed by atoms with E-state index in [9.17, 15) is 4.79 Å². The normalized spacial score (nSPS) is 11.3. The van der Waals surface area contributed by atoms with Gasteiger partial charge in [0.25, 0.3) is 0 Å². The number of hydrogen-bond acceptors (Lipinski definition) is 5. The van der Waals surface area contributed by atoms with Crippen LogP contribution in [0.1, 0.15) is 31.3 Å². The summed E-state index contributed by atoms with van der Waals surface area (Å²) < 4.78 is 0. The van der Waals surface area contributed by atoms with Crippen molar-refractivity contribution in [1.82, 2.24) is 10.2 Å². The number of likely N-dealkylation sites (N-methyl/N-ethyl adjacent to an activating group) is 1. The third-order valence-corrected chi connectivity index (χ3v) is 4.08. The minimum Gasteiger partial charge on any atom is -0.365 e. The number of nitrogens with zero attached hydrogens (tertiary/aromatic N) is 3. The number of nitrogens with one attached hydrogen (secondary N) is 1. The van der Waals surface area contributed by atoms with Crippen LogP contribution in [0.5, 0.6) is 0 Å². The molecule has 0 aliphatic heterocycles. The zero-order valence-electron chi connectivity index (χ0n) is 13.7. The molecule has 0 unspecified atom stereocenters. The first-order valence-corrected chi connectivity index (χ1v) is 7.99. The van der Waals surface area contributed by atoms with Crippen molar-refractivity contribution < 1.29 is 4.79 Å². The maximum atomic E-state index is 12.0. The molecular weight excluding hydrogens is 296 g/mol. The summed E-state index contributed by atoms with van der Waals surface area (Å²) >= 11 is 1.37. The van der Waals surface area contributed by atoms with E-state index in [1.54, 1.807) is 0 Å². The van der Waals surface area contributed by atoms with Gasteiger partial charge in [0, 0.05) is 12.7 Å². The first kappa shape index (κ1) is 16.4. The number of carbonyl (C=O) groups excluding carboxylic acids is 1. The van der Waals surface area contributed by atoms with Gasteiger partial charge in [-0.15, -0.1) is 10.2 Å². The molecule has 0 radical (unpaired) electrons. The predicted octanol–water partition coefficient (Wildman–Crippen LogP) is 3.22. The number of hydrogen-bond donors (Lipinski definition) is 1. The highest BCUT2D eigenvalue weighted by Gasteiger charge is 2.14. The fourth-order valence-corrected chi connectivity index (χ4v) is 2.64. The summed E-state index contributed by atoms with van der Waals surface area (Å²) in [7, 11) is 1.90. The van der Waals surface area contributed by atoms with Crippen LogP contribution in [-0.4, -0.2) is 29.7 Å². The molecule has 2 rings (SSSR count). The maximum absolute atomic E-state index is 12.0. The van der Waals surface area contributed by atoms with E-state index >= 15 is 0 Å². The van der Waals surface area contributed by atoms with Gasteiger partial charge in [0.15, 0.2) is 0 Å². The lowest BCUT2D eigenvalue weighted by Crippen LogP contribution is -2.30. The van der Waals surface area contributed by atoms with Crippen LogP contribution in [0.2, 0.25) is 0 Å². The van der Waals surface area contributed by atoms with Gasteiger partial charge in [-0.2, -0.15) is 0 Å². The second-order valence-corrected chi connectivity index (χ2v) is 7.51. The summed E-state index contributed by atoms with van der Waals surface area (Å²) in [5.41, 5.74) is 2.42. The molecule has 22 heavy (non-hydrogen) atoms. The lowest BCUT2D eigenvalue weighted by atomic mass is 9.87. The minimum absolute atomic E-state index is 0.0986. The number of carbonyl (C=O) groups is 1. The predicted molar refractivity (Wildman–Crippen MR) is 91.7 cm³/mol. The van der Waals surface area contributed by atoms with Crippen LogP contribution < -0.4 is 10.2 Å². The van der Waals surface area contributed by atoms with E-state index in [1.165, 1.54) is 16.9 Å². The molecule has 118 valence electrons. The summed E-state index contributed by atoms with van der Waals surface area (Å²) in [6.45, 7) is 8.68. The standard InChI is InChI=1S/C16H22N4OS/c1-11-18-19-15(22-11)17-14(21)10-20(5)13-8-6-12(7-9-13)16(2,3)4/h6-9H,10H2,1-5H3,(H,17,19,21). The Morgan fingerprint density at radius 3 is 2.36 bits per heavy atom. The molecule has 1 heterocycles. The molecule has 1 N–H and O–H groups in total. The third-order valence-electron chi connectivity index (χ3n) is 3.33. The van der Waals surface area contributed by atoms with Gasteiger partial charge in [0.05, 0.1) is 6.54 Å². The molecule has 0 spiro atoms. The molecule has 1 aromatic heterocycles. The Balaban J connectivity index is 1.96. The van der Waals surface area contributed by atoms with Crippen molar-refractivity contribution in [3.63, 3.8) is 0 Å². The molecule has 0 saturated heterocycles. The average Bonchev–Trinajstić information content (AvgIpc) is 2.83. The summed E-state index contributed by atoms with van der Waals surface area (Å²) in [4.78, 5) is 13.9. The van der Waals surface area contributed by atoms with Crippen LogP contribution in [0.15, 0.2) is 24.3 Å². The topological polar surface area (TPSA) is 58.1 Å². The second-order valence-electron chi connectivity index (χ2n) is 6.33. The molecule has 1 aromatic carbocycles. The van der Waals surface area contributed by atoms with E-state index in [2.05, 4.69) is 48.4 Å². The first-order valence-electron chi connectivity index (χ1n) is 7.17. The summed E-state index contributed by atoms with van der Waals surface area (Å²) in [5, 5.41) is 11.9. The zero-order valence-corrected chi connectivity index (χ0v) is 14.5. The summed E-state index contributed by atoms with van der Waals surface area (Å²) in [6.07, 6.45) is 0. The Labute approximate surface area is 135 Å². The molecule has 0 atom stereocenters. The van der Waals surface area contributed by atoms with Gasteiger partial charge >= 0.3 is 0 Å². The van der Waals surface area contributed by atoms with Crippen LogP contribution in [0, 0.1) is 6.92 Å². The van der Waals surface area contributed by atoms with Crippen LogP contribution in [0.25, 0.3) is 0 Å². The van der Waals surface area contributed by atoms with E-state index < -0.39 is 0 Å². The maximum Gasteiger partial charge on any atom is 0.245 e.